The number of ether oxygens (including phenoxy) is 1. The maximum absolute atomic E-state index is 6.14. The van der Waals surface area contributed by atoms with Crippen LogP contribution in [0.5, 0.6) is 5.75 Å². The number of para-hydroxylation sites is 2. The highest BCUT2D eigenvalue weighted by atomic mass is 16.5. The molecule has 0 saturated carbocycles. The summed E-state index contributed by atoms with van der Waals surface area (Å²) in [4.78, 5) is 8.35. The Labute approximate surface area is 133 Å². The third kappa shape index (κ3) is 3.34. The lowest BCUT2D eigenvalue weighted by molar-refractivity contribution is 0.417. The van der Waals surface area contributed by atoms with Gasteiger partial charge in [0.15, 0.2) is 11.6 Å². The van der Waals surface area contributed by atoms with Gasteiger partial charge in [-0.3, -0.25) is 0 Å². The van der Waals surface area contributed by atoms with Gasteiger partial charge in [-0.25, -0.2) is 9.97 Å². The number of hydrogen-bond donors (Lipinski definition) is 3. The predicted octanol–water partition coefficient (Wildman–Crippen LogP) is 3.02. The highest BCUT2D eigenvalue weighted by molar-refractivity contribution is 5.79. The number of nitrogen functional groups attached to an aromatic ring is 1. The molecule has 0 aliphatic carbocycles. The molecule has 3 rings (SSSR count). The van der Waals surface area contributed by atoms with Crippen molar-refractivity contribution >= 4 is 23.0 Å². The summed E-state index contributed by atoms with van der Waals surface area (Å²) in [5.74, 6) is 2.54. The van der Waals surface area contributed by atoms with Gasteiger partial charge in [-0.15, -0.1) is 0 Å². The van der Waals surface area contributed by atoms with Crippen LogP contribution < -0.4 is 21.1 Å². The first-order chi connectivity index (χ1) is 11.3. The van der Waals surface area contributed by atoms with Crippen molar-refractivity contribution in [1.82, 2.24) is 9.97 Å². The van der Waals surface area contributed by atoms with Gasteiger partial charge < -0.3 is 25.5 Å². The second kappa shape index (κ2) is 6.69. The lowest BCUT2D eigenvalue weighted by atomic mass is 10.3. The second-order valence-electron chi connectivity index (χ2n) is 4.74. The van der Waals surface area contributed by atoms with E-state index in [0.29, 0.717) is 29.6 Å². The lowest BCUT2D eigenvalue weighted by Gasteiger charge is -2.13. The van der Waals surface area contributed by atoms with E-state index >= 15 is 0 Å². The summed E-state index contributed by atoms with van der Waals surface area (Å²) in [5, 5.41) is 6.29. The Morgan fingerprint density at radius 1 is 1.13 bits per heavy atom. The molecule has 0 radical (unpaired) electrons. The third-order valence-corrected chi connectivity index (χ3v) is 3.25. The van der Waals surface area contributed by atoms with Crippen LogP contribution in [-0.4, -0.2) is 17.1 Å². The maximum atomic E-state index is 6.14. The van der Waals surface area contributed by atoms with E-state index in [1.54, 1.807) is 13.4 Å². The predicted molar refractivity (Wildman–Crippen MR) is 88.8 cm³/mol. The molecule has 2 aromatic heterocycles. The van der Waals surface area contributed by atoms with Crippen molar-refractivity contribution in [2.45, 2.75) is 6.54 Å². The molecule has 0 unspecified atom stereocenters. The van der Waals surface area contributed by atoms with Gasteiger partial charge in [0.05, 0.1) is 25.6 Å². The molecular formula is C16H17N5O2. The van der Waals surface area contributed by atoms with Crippen molar-refractivity contribution < 1.29 is 9.15 Å². The SMILES string of the molecule is COc1ccccc1Nc1ncnc(NCc2ccco2)c1N. The van der Waals surface area contributed by atoms with Gasteiger partial charge in [0, 0.05) is 0 Å². The third-order valence-electron chi connectivity index (χ3n) is 3.25. The van der Waals surface area contributed by atoms with Crippen molar-refractivity contribution in [3.05, 3.63) is 54.7 Å². The Morgan fingerprint density at radius 3 is 2.74 bits per heavy atom. The topological polar surface area (TPSA) is 98.2 Å². The Hall–Kier alpha value is -3.22. The zero-order chi connectivity index (χ0) is 16.1. The van der Waals surface area contributed by atoms with Gasteiger partial charge in [-0.05, 0) is 24.3 Å². The van der Waals surface area contributed by atoms with Gasteiger partial charge >= 0.3 is 0 Å². The van der Waals surface area contributed by atoms with E-state index in [2.05, 4.69) is 20.6 Å². The van der Waals surface area contributed by atoms with Gasteiger partial charge in [0.1, 0.15) is 23.5 Å². The number of nitrogens with one attached hydrogen (secondary N) is 2. The van der Waals surface area contributed by atoms with E-state index < -0.39 is 0 Å². The minimum Gasteiger partial charge on any atom is -0.495 e. The Balaban J connectivity index is 1.79. The van der Waals surface area contributed by atoms with Crippen LogP contribution in [0.15, 0.2) is 53.4 Å². The summed E-state index contributed by atoms with van der Waals surface area (Å²) in [7, 11) is 1.61. The fraction of sp³-hybridized carbons (Fsp3) is 0.125. The number of furan rings is 1. The Morgan fingerprint density at radius 2 is 1.96 bits per heavy atom. The normalized spacial score (nSPS) is 10.3. The molecule has 0 bridgehead atoms. The molecular weight excluding hydrogens is 294 g/mol. The zero-order valence-electron chi connectivity index (χ0n) is 12.6. The summed E-state index contributed by atoms with van der Waals surface area (Å²) in [5.41, 5.74) is 7.34. The van der Waals surface area contributed by atoms with Crippen LogP contribution in [0.1, 0.15) is 5.76 Å². The fourth-order valence-corrected chi connectivity index (χ4v) is 2.10. The summed E-state index contributed by atoms with van der Waals surface area (Å²) < 4.78 is 10.6. The molecule has 1 aromatic carbocycles. The van der Waals surface area contributed by atoms with Crippen LogP contribution in [-0.2, 0) is 6.54 Å². The van der Waals surface area contributed by atoms with E-state index in [0.717, 1.165) is 11.4 Å². The molecule has 0 saturated heterocycles. The van der Waals surface area contributed by atoms with E-state index in [4.69, 9.17) is 14.9 Å². The molecule has 23 heavy (non-hydrogen) atoms. The van der Waals surface area contributed by atoms with Crippen LogP contribution in [0, 0.1) is 0 Å². The zero-order valence-corrected chi connectivity index (χ0v) is 12.6. The molecule has 0 aliphatic heterocycles. The van der Waals surface area contributed by atoms with Crippen molar-refractivity contribution in [3.63, 3.8) is 0 Å². The monoisotopic (exact) mass is 311 g/mol. The van der Waals surface area contributed by atoms with E-state index in [1.807, 2.05) is 36.4 Å². The largest absolute Gasteiger partial charge is 0.495 e. The standard InChI is InChI=1S/C16H17N5O2/c1-22-13-7-3-2-6-12(13)21-16-14(17)15(19-10-20-16)18-9-11-5-4-8-23-11/h2-8,10H,9,17H2,1H3,(H2,18,19,20,21). The van der Waals surface area contributed by atoms with Crippen LogP contribution in [0.2, 0.25) is 0 Å². The minimum atomic E-state index is 0.421. The van der Waals surface area contributed by atoms with Gasteiger partial charge in [-0.1, -0.05) is 12.1 Å². The van der Waals surface area contributed by atoms with Gasteiger partial charge in [-0.2, -0.15) is 0 Å². The number of nitrogens with two attached hydrogens (primary N) is 1. The number of nitrogens with zero attached hydrogens (tertiary/aromatic N) is 2. The van der Waals surface area contributed by atoms with Gasteiger partial charge in [0.2, 0.25) is 0 Å². The first kappa shape index (κ1) is 14.7. The summed E-state index contributed by atoms with van der Waals surface area (Å²) in [6.45, 7) is 0.488. The minimum absolute atomic E-state index is 0.421. The molecule has 3 aromatic rings. The molecule has 0 aliphatic rings. The molecule has 0 atom stereocenters. The molecule has 7 heteroatoms. The molecule has 7 nitrogen and oxygen atoms in total. The van der Waals surface area contributed by atoms with Crippen molar-refractivity contribution in [1.29, 1.82) is 0 Å². The van der Waals surface area contributed by atoms with Crippen LogP contribution >= 0.6 is 0 Å². The molecule has 0 amide bonds. The average Bonchev–Trinajstić information content (AvgIpc) is 3.09. The molecule has 4 N–H and O–H groups in total. The fourth-order valence-electron chi connectivity index (χ4n) is 2.10. The van der Waals surface area contributed by atoms with Crippen molar-refractivity contribution in [2.24, 2.45) is 0 Å². The Kier molecular flexibility index (Phi) is 4.28. The van der Waals surface area contributed by atoms with Crippen LogP contribution in [0.4, 0.5) is 23.0 Å². The highest BCUT2D eigenvalue weighted by Gasteiger charge is 2.10. The molecule has 0 spiro atoms. The number of aromatic nitrogens is 2. The number of methoxy groups -OCH3 is 1. The average molecular weight is 311 g/mol. The molecule has 2 heterocycles. The number of hydrogen-bond acceptors (Lipinski definition) is 7. The van der Waals surface area contributed by atoms with Gasteiger partial charge in [0.25, 0.3) is 0 Å². The number of rotatable bonds is 6. The maximum Gasteiger partial charge on any atom is 0.159 e. The van der Waals surface area contributed by atoms with Crippen LogP contribution in [0.25, 0.3) is 0 Å². The highest BCUT2D eigenvalue weighted by Crippen LogP contribution is 2.30. The molecule has 0 fully saturated rings. The lowest BCUT2D eigenvalue weighted by Crippen LogP contribution is -2.08. The first-order valence-corrected chi connectivity index (χ1v) is 7.04. The number of anilines is 4. The second-order valence-corrected chi connectivity index (χ2v) is 4.74. The summed E-state index contributed by atoms with van der Waals surface area (Å²) in [6, 6.07) is 11.2. The van der Waals surface area contributed by atoms with Crippen LogP contribution in [0.3, 0.4) is 0 Å². The first-order valence-electron chi connectivity index (χ1n) is 7.04. The summed E-state index contributed by atoms with van der Waals surface area (Å²) in [6.07, 6.45) is 3.06. The van der Waals surface area contributed by atoms with E-state index in [9.17, 15) is 0 Å². The smallest absolute Gasteiger partial charge is 0.159 e. The number of benzene rings is 1. The quantitative estimate of drug-likeness (QED) is 0.643. The van der Waals surface area contributed by atoms with E-state index in [1.165, 1.54) is 6.33 Å². The summed E-state index contributed by atoms with van der Waals surface area (Å²) >= 11 is 0. The van der Waals surface area contributed by atoms with E-state index in [-0.39, 0.29) is 0 Å². The van der Waals surface area contributed by atoms with Crippen molar-refractivity contribution in [2.75, 3.05) is 23.5 Å². The Bertz CT molecular complexity index is 774. The molecule has 118 valence electrons. The van der Waals surface area contributed by atoms with Crippen molar-refractivity contribution in [3.8, 4) is 5.75 Å².